The van der Waals surface area contributed by atoms with E-state index in [0.717, 1.165) is 24.0 Å². The number of halogens is 1. The van der Waals surface area contributed by atoms with Crippen molar-refractivity contribution in [2.75, 3.05) is 18.5 Å². The van der Waals surface area contributed by atoms with Gasteiger partial charge in [-0.2, -0.15) is 10.1 Å². The molecule has 0 amide bonds. The number of carbonyl (C=O) groups is 1. The number of hydrogen-bond donors (Lipinski definition) is 2. The minimum absolute atomic E-state index is 0.00355. The number of carboxylic acid groups (broad SMARTS) is 1. The highest BCUT2D eigenvalue weighted by atomic mass is 19.1. The summed E-state index contributed by atoms with van der Waals surface area (Å²) < 4.78 is 27.9. The maximum Gasteiger partial charge on any atom is 0.338 e. The molecule has 0 bridgehead atoms. The Morgan fingerprint density at radius 1 is 1.20 bits per heavy atom. The normalized spacial score (nSPS) is 14.3. The van der Waals surface area contributed by atoms with Gasteiger partial charge in [-0.3, -0.25) is 0 Å². The van der Waals surface area contributed by atoms with Gasteiger partial charge in [0.2, 0.25) is 0 Å². The van der Waals surface area contributed by atoms with E-state index in [2.05, 4.69) is 20.4 Å². The summed E-state index contributed by atoms with van der Waals surface area (Å²) in [6.07, 6.45) is 4.11. The number of nitrogens with one attached hydrogen (secondary N) is 1. The number of nitrogens with zero attached hydrogens (tertiary/aromatic N) is 4. The Labute approximate surface area is 200 Å². The van der Waals surface area contributed by atoms with Crippen LogP contribution in [0.3, 0.4) is 0 Å². The maximum absolute atomic E-state index is 15.2. The molecule has 4 aromatic rings. The molecule has 1 saturated heterocycles. The summed E-state index contributed by atoms with van der Waals surface area (Å²) in [5, 5.41) is 17.3. The molecule has 9 nitrogen and oxygen atoms in total. The molecular formula is C25H24FN5O4. The van der Waals surface area contributed by atoms with Crippen molar-refractivity contribution in [2.24, 2.45) is 0 Å². The van der Waals surface area contributed by atoms with Gasteiger partial charge in [0.05, 0.1) is 17.3 Å². The Morgan fingerprint density at radius 3 is 2.63 bits per heavy atom. The van der Waals surface area contributed by atoms with E-state index in [-0.39, 0.29) is 23.3 Å². The van der Waals surface area contributed by atoms with E-state index < -0.39 is 11.8 Å². The SMILES string of the molecule is Cc1cccc(C)c1Oc1cc2c(NC3CCOCC3)nc(-n3cc(C(=O)O)cn3)nc2cc1F. The Kier molecular flexibility index (Phi) is 6.04. The number of aryl methyl sites for hydroxylation is 2. The molecule has 1 aliphatic heterocycles. The third-order valence-corrected chi connectivity index (χ3v) is 5.95. The van der Waals surface area contributed by atoms with Crippen LogP contribution in [0.25, 0.3) is 16.9 Å². The molecule has 0 unspecified atom stereocenters. The molecule has 5 rings (SSSR count). The molecule has 1 fully saturated rings. The van der Waals surface area contributed by atoms with Gasteiger partial charge >= 0.3 is 5.97 Å². The van der Waals surface area contributed by atoms with Crippen LogP contribution in [-0.2, 0) is 4.74 Å². The van der Waals surface area contributed by atoms with Crippen LogP contribution in [-0.4, -0.2) is 50.1 Å². The maximum atomic E-state index is 15.2. The number of aromatic nitrogens is 4. The molecule has 0 aliphatic carbocycles. The summed E-state index contributed by atoms with van der Waals surface area (Å²) in [4.78, 5) is 20.4. The van der Waals surface area contributed by atoms with Crippen LogP contribution in [0.1, 0.15) is 34.3 Å². The van der Waals surface area contributed by atoms with Crippen molar-refractivity contribution in [1.29, 1.82) is 0 Å². The molecule has 0 radical (unpaired) electrons. The molecule has 2 N–H and O–H groups in total. The molecular weight excluding hydrogens is 453 g/mol. The zero-order chi connectivity index (χ0) is 24.5. The van der Waals surface area contributed by atoms with Crippen molar-refractivity contribution in [3.8, 4) is 17.4 Å². The number of para-hydroxylation sites is 1. The molecule has 0 saturated carbocycles. The number of fused-ring (bicyclic) bond motifs is 1. The highest BCUT2D eigenvalue weighted by Gasteiger charge is 2.20. The second kappa shape index (κ2) is 9.30. The van der Waals surface area contributed by atoms with Gasteiger partial charge in [-0.15, -0.1) is 0 Å². The molecule has 2 aromatic carbocycles. The van der Waals surface area contributed by atoms with Crippen LogP contribution in [0.2, 0.25) is 0 Å². The molecule has 0 spiro atoms. The monoisotopic (exact) mass is 477 g/mol. The van der Waals surface area contributed by atoms with Crippen LogP contribution in [0.5, 0.6) is 11.5 Å². The highest BCUT2D eigenvalue weighted by Crippen LogP contribution is 2.35. The van der Waals surface area contributed by atoms with E-state index in [9.17, 15) is 9.90 Å². The van der Waals surface area contributed by atoms with Crippen molar-refractivity contribution in [2.45, 2.75) is 32.7 Å². The number of benzene rings is 2. The van der Waals surface area contributed by atoms with Gasteiger partial charge in [0.1, 0.15) is 11.6 Å². The second-order valence-corrected chi connectivity index (χ2v) is 8.50. The average molecular weight is 477 g/mol. The quantitative estimate of drug-likeness (QED) is 0.413. The topological polar surface area (TPSA) is 111 Å². The molecule has 35 heavy (non-hydrogen) atoms. The fourth-order valence-electron chi connectivity index (χ4n) is 4.06. The minimum atomic E-state index is -1.11. The summed E-state index contributed by atoms with van der Waals surface area (Å²) in [7, 11) is 0. The van der Waals surface area contributed by atoms with Crippen LogP contribution < -0.4 is 10.1 Å². The first-order chi connectivity index (χ1) is 16.9. The summed E-state index contributed by atoms with van der Waals surface area (Å²) in [5.74, 6) is -0.419. The fourth-order valence-corrected chi connectivity index (χ4v) is 4.06. The van der Waals surface area contributed by atoms with Gasteiger partial charge in [-0.05, 0) is 43.9 Å². The molecule has 10 heteroatoms. The zero-order valence-corrected chi connectivity index (χ0v) is 19.3. The standard InChI is InChI=1S/C25H24FN5O4/c1-14-4-3-5-15(2)22(14)35-21-10-18-20(11-19(21)26)29-25(31-13-16(12-27-31)24(32)33)30-23(18)28-17-6-8-34-9-7-17/h3-5,10-13,17H,6-9H2,1-2H3,(H,32,33)(H,28,29,30). The molecule has 2 aromatic heterocycles. The van der Waals surface area contributed by atoms with E-state index in [1.54, 1.807) is 6.07 Å². The van der Waals surface area contributed by atoms with Crippen molar-refractivity contribution in [3.05, 3.63) is 65.2 Å². The van der Waals surface area contributed by atoms with Gasteiger partial charge in [-0.25, -0.2) is 18.9 Å². The number of aromatic carboxylic acids is 1. The van der Waals surface area contributed by atoms with Gasteiger partial charge < -0.3 is 19.9 Å². The number of anilines is 1. The number of hydrogen-bond acceptors (Lipinski definition) is 7. The fraction of sp³-hybridized carbons (Fsp3) is 0.280. The van der Waals surface area contributed by atoms with Crippen molar-refractivity contribution in [3.63, 3.8) is 0 Å². The van der Waals surface area contributed by atoms with Gasteiger partial charge in [0.25, 0.3) is 5.95 Å². The lowest BCUT2D eigenvalue weighted by molar-refractivity contribution is 0.0697. The van der Waals surface area contributed by atoms with Crippen molar-refractivity contribution in [1.82, 2.24) is 19.7 Å². The minimum Gasteiger partial charge on any atom is -0.478 e. The smallest absolute Gasteiger partial charge is 0.338 e. The molecule has 0 atom stereocenters. The third-order valence-electron chi connectivity index (χ3n) is 5.95. The van der Waals surface area contributed by atoms with E-state index >= 15 is 4.39 Å². The van der Waals surface area contributed by atoms with Crippen LogP contribution in [0, 0.1) is 19.7 Å². The first-order valence-electron chi connectivity index (χ1n) is 11.3. The summed E-state index contributed by atoms with van der Waals surface area (Å²) in [5.41, 5.74) is 2.12. The summed E-state index contributed by atoms with van der Waals surface area (Å²) in [6, 6.07) is 8.72. The van der Waals surface area contributed by atoms with E-state index in [1.165, 1.54) is 23.1 Å². The molecule has 3 heterocycles. The first-order valence-corrected chi connectivity index (χ1v) is 11.3. The van der Waals surface area contributed by atoms with Gasteiger partial charge in [0, 0.05) is 36.9 Å². The van der Waals surface area contributed by atoms with Crippen molar-refractivity contribution < 1.29 is 23.8 Å². The van der Waals surface area contributed by atoms with E-state index in [4.69, 9.17) is 9.47 Å². The summed E-state index contributed by atoms with van der Waals surface area (Å²) in [6.45, 7) is 5.07. The van der Waals surface area contributed by atoms with Gasteiger partial charge in [0.15, 0.2) is 11.6 Å². The van der Waals surface area contributed by atoms with E-state index in [1.807, 2.05) is 32.0 Å². The lowest BCUT2D eigenvalue weighted by atomic mass is 10.1. The lowest BCUT2D eigenvalue weighted by Gasteiger charge is -2.24. The Hall–Kier alpha value is -4.05. The third kappa shape index (κ3) is 4.65. The Bertz CT molecular complexity index is 1390. The Balaban J connectivity index is 1.61. The highest BCUT2D eigenvalue weighted by molar-refractivity contribution is 5.91. The van der Waals surface area contributed by atoms with Crippen molar-refractivity contribution >= 4 is 22.7 Å². The summed E-state index contributed by atoms with van der Waals surface area (Å²) >= 11 is 0. The Morgan fingerprint density at radius 2 is 1.94 bits per heavy atom. The van der Waals surface area contributed by atoms with Crippen LogP contribution >= 0.6 is 0 Å². The van der Waals surface area contributed by atoms with Crippen LogP contribution in [0.15, 0.2) is 42.7 Å². The predicted molar refractivity (Wildman–Crippen MR) is 127 cm³/mol. The molecule has 180 valence electrons. The predicted octanol–water partition coefficient (Wildman–Crippen LogP) is 4.65. The average Bonchev–Trinajstić information content (AvgIpc) is 3.33. The van der Waals surface area contributed by atoms with Gasteiger partial charge in [-0.1, -0.05) is 18.2 Å². The number of rotatable bonds is 6. The zero-order valence-electron chi connectivity index (χ0n) is 19.3. The lowest BCUT2D eigenvalue weighted by Crippen LogP contribution is -2.28. The number of carboxylic acids is 1. The largest absolute Gasteiger partial charge is 0.478 e. The first kappa shape index (κ1) is 22.7. The number of ether oxygens (including phenoxy) is 2. The van der Waals surface area contributed by atoms with Crippen LogP contribution in [0.4, 0.5) is 10.2 Å². The van der Waals surface area contributed by atoms with E-state index in [0.29, 0.717) is 35.7 Å². The molecule has 1 aliphatic rings. The second-order valence-electron chi connectivity index (χ2n) is 8.50.